The maximum atomic E-state index is 12.7. The molecule has 4 heteroatoms. The van der Waals surface area contributed by atoms with Crippen molar-refractivity contribution in [2.45, 2.75) is 32.9 Å². The highest BCUT2D eigenvalue weighted by Gasteiger charge is 2.21. The van der Waals surface area contributed by atoms with Gasteiger partial charge in [-0.3, -0.25) is 9.78 Å². The Morgan fingerprint density at radius 2 is 2.00 bits per heavy atom. The Labute approximate surface area is 131 Å². The number of fused-ring (bicyclic) bond motifs is 1. The zero-order valence-corrected chi connectivity index (χ0v) is 13.0. The van der Waals surface area contributed by atoms with E-state index in [0.29, 0.717) is 18.2 Å². The number of nitrogens with zero attached hydrogens (tertiary/aromatic N) is 2. The fourth-order valence-electron chi connectivity index (χ4n) is 2.82. The second kappa shape index (κ2) is 6.18. The van der Waals surface area contributed by atoms with E-state index >= 15 is 0 Å². The lowest BCUT2D eigenvalue weighted by Crippen LogP contribution is -2.36. The van der Waals surface area contributed by atoms with Crippen molar-refractivity contribution in [1.82, 2.24) is 9.88 Å². The molecule has 1 aliphatic rings. The normalized spacial score (nSPS) is 13.9. The Hall–Kier alpha value is -2.36. The maximum Gasteiger partial charge on any atom is 0.255 e. The minimum Gasteiger partial charge on any atom is -0.382 e. The van der Waals surface area contributed by atoms with Gasteiger partial charge in [0, 0.05) is 31.5 Å². The minimum absolute atomic E-state index is 0.0504. The standard InChI is InChI=1S/C18H21N3O/c1-13(2)20-17-9-16(10-19-11-17)18(22)21-8-7-14-5-3-4-6-15(14)12-21/h3-6,9-11,13,20H,7-8,12H2,1-2H3. The van der Waals surface area contributed by atoms with Crippen molar-refractivity contribution in [1.29, 1.82) is 0 Å². The smallest absolute Gasteiger partial charge is 0.255 e. The summed E-state index contributed by atoms with van der Waals surface area (Å²) in [6, 6.07) is 10.5. The second-order valence-corrected chi connectivity index (χ2v) is 6.01. The van der Waals surface area contributed by atoms with Crippen LogP contribution >= 0.6 is 0 Å². The fourth-order valence-corrected chi connectivity index (χ4v) is 2.82. The van der Waals surface area contributed by atoms with E-state index < -0.39 is 0 Å². The minimum atomic E-state index is 0.0504. The number of aromatic nitrogens is 1. The predicted octanol–water partition coefficient (Wildman–Crippen LogP) is 3.10. The van der Waals surface area contributed by atoms with Crippen LogP contribution in [0.1, 0.15) is 35.3 Å². The first-order chi connectivity index (χ1) is 10.6. The molecule has 1 aromatic carbocycles. The maximum absolute atomic E-state index is 12.7. The summed E-state index contributed by atoms with van der Waals surface area (Å²) in [5.41, 5.74) is 4.12. The number of benzene rings is 1. The molecule has 22 heavy (non-hydrogen) atoms. The third kappa shape index (κ3) is 3.11. The summed E-state index contributed by atoms with van der Waals surface area (Å²) >= 11 is 0. The number of anilines is 1. The number of hydrogen-bond acceptors (Lipinski definition) is 3. The van der Waals surface area contributed by atoms with Gasteiger partial charge in [-0.2, -0.15) is 0 Å². The van der Waals surface area contributed by atoms with Crippen LogP contribution in [0.25, 0.3) is 0 Å². The fraction of sp³-hybridized carbons (Fsp3) is 0.333. The molecule has 4 nitrogen and oxygen atoms in total. The average molecular weight is 295 g/mol. The van der Waals surface area contributed by atoms with E-state index in [1.807, 2.05) is 17.0 Å². The van der Waals surface area contributed by atoms with Gasteiger partial charge in [-0.15, -0.1) is 0 Å². The van der Waals surface area contributed by atoms with Crippen molar-refractivity contribution in [2.75, 3.05) is 11.9 Å². The molecule has 0 radical (unpaired) electrons. The van der Waals surface area contributed by atoms with Gasteiger partial charge in [-0.1, -0.05) is 24.3 Å². The highest BCUT2D eigenvalue weighted by Crippen LogP contribution is 2.21. The van der Waals surface area contributed by atoms with Gasteiger partial charge in [-0.25, -0.2) is 0 Å². The molecule has 0 fully saturated rings. The first-order valence-corrected chi connectivity index (χ1v) is 7.71. The molecule has 3 rings (SSSR count). The number of carbonyl (C=O) groups excluding carboxylic acids is 1. The van der Waals surface area contributed by atoms with Gasteiger partial charge < -0.3 is 10.2 Å². The van der Waals surface area contributed by atoms with Crippen LogP contribution in [0.15, 0.2) is 42.7 Å². The van der Waals surface area contributed by atoms with Gasteiger partial charge in [0.05, 0.1) is 11.3 Å². The van der Waals surface area contributed by atoms with E-state index in [1.165, 1.54) is 11.1 Å². The molecule has 0 bridgehead atoms. The van der Waals surface area contributed by atoms with Crippen molar-refractivity contribution in [3.8, 4) is 0 Å². The van der Waals surface area contributed by atoms with Gasteiger partial charge in [0.2, 0.25) is 0 Å². The number of rotatable bonds is 3. The summed E-state index contributed by atoms with van der Waals surface area (Å²) in [4.78, 5) is 18.8. The SMILES string of the molecule is CC(C)Nc1cncc(C(=O)N2CCc3ccccc3C2)c1. The molecule has 1 N–H and O–H groups in total. The van der Waals surface area contributed by atoms with Crippen LogP contribution in [0.4, 0.5) is 5.69 Å². The van der Waals surface area contributed by atoms with Gasteiger partial charge in [0.15, 0.2) is 0 Å². The number of hydrogen-bond donors (Lipinski definition) is 1. The zero-order chi connectivity index (χ0) is 15.5. The lowest BCUT2D eigenvalue weighted by atomic mass is 9.99. The first kappa shape index (κ1) is 14.6. The second-order valence-electron chi connectivity index (χ2n) is 6.01. The van der Waals surface area contributed by atoms with E-state index in [-0.39, 0.29) is 5.91 Å². The molecule has 0 spiro atoms. The quantitative estimate of drug-likeness (QED) is 0.946. The molecule has 2 aromatic rings. The van der Waals surface area contributed by atoms with Crippen molar-refractivity contribution in [3.63, 3.8) is 0 Å². The predicted molar refractivity (Wildman–Crippen MR) is 87.9 cm³/mol. The topological polar surface area (TPSA) is 45.2 Å². The van der Waals surface area contributed by atoms with E-state index in [9.17, 15) is 4.79 Å². The van der Waals surface area contributed by atoms with E-state index in [4.69, 9.17) is 0 Å². The third-order valence-corrected chi connectivity index (χ3v) is 3.86. The van der Waals surface area contributed by atoms with Crippen molar-refractivity contribution in [2.24, 2.45) is 0 Å². The Morgan fingerprint density at radius 1 is 1.23 bits per heavy atom. The molecule has 0 aliphatic carbocycles. The van der Waals surface area contributed by atoms with Crippen LogP contribution in [0.2, 0.25) is 0 Å². The van der Waals surface area contributed by atoms with Crippen LogP contribution in [0, 0.1) is 0 Å². The summed E-state index contributed by atoms with van der Waals surface area (Å²) < 4.78 is 0. The molecular formula is C18H21N3O. The van der Waals surface area contributed by atoms with Gasteiger partial charge in [0.1, 0.15) is 0 Å². The Balaban J connectivity index is 1.77. The molecule has 0 saturated heterocycles. The molecule has 1 amide bonds. The summed E-state index contributed by atoms with van der Waals surface area (Å²) in [5, 5.41) is 3.29. The van der Waals surface area contributed by atoms with E-state index in [0.717, 1.165) is 18.7 Å². The summed E-state index contributed by atoms with van der Waals surface area (Å²) in [7, 11) is 0. The van der Waals surface area contributed by atoms with Crippen LogP contribution in [0.5, 0.6) is 0 Å². The van der Waals surface area contributed by atoms with Gasteiger partial charge >= 0.3 is 0 Å². The monoisotopic (exact) mass is 295 g/mol. The lowest BCUT2D eigenvalue weighted by Gasteiger charge is -2.29. The van der Waals surface area contributed by atoms with Crippen molar-refractivity contribution < 1.29 is 4.79 Å². The molecule has 2 heterocycles. The molecule has 0 atom stereocenters. The summed E-state index contributed by atoms with van der Waals surface area (Å²) in [6.45, 7) is 5.57. The summed E-state index contributed by atoms with van der Waals surface area (Å²) in [5.74, 6) is 0.0504. The van der Waals surface area contributed by atoms with Crippen LogP contribution in [-0.2, 0) is 13.0 Å². The molecule has 114 valence electrons. The van der Waals surface area contributed by atoms with Gasteiger partial charge in [-0.05, 0) is 37.5 Å². The number of amides is 1. The largest absolute Gasteiger partial charge is 0.382 e. The van der Waals surface area contributed by atoms with E-state index in [2.05, 4.69) is 42.3 Å². The third-order valence-electron chi connectivity index (χ3n) is 3.86. The number of nitrogens with one attached hydrogen (secondary N) is 1. The van der Waals surface area contributed by atoms with Gasteiger partial charge in [0.25, 0.3) is 5.91 Å². The Bertz CT molecular complexity index is 682. The molecular weight excluding hydrogens is 274 g/mol. The summed E-state index contributed by atoms with van der Waals surface area (Å²) in [6.07, 6.45) is 4.32. The highest BCUT2D eigenvalue weighted by molar-refractivity contribution is 5.94. The van der Waals surface area contributed by atoms with Crippen LogP contribution < -0.4 is 5.32 Å². The molecule has 0 unspecified atom stereocenters. The molecule has 1 aliphatic heterocycles. The van der Waals surface area contributed by atoms with Crippen LogP contribution in [-0.4, -0.2) is 28.4 Å². The highest BCUT2D eigenvalue weighted by atomic mass is 16.2. The Morgan fingerprint density at radius 3 is 2.77 bits per heavy atom. The Kier molecular flexibility index (Phi) is 4.09. The molecule has 1 aromatic heterocycles. The number of pyridine rings is 1. The zero-order valence-electron chi connectivity index (χ0n) is 13.0. The average Bonchev–Trinajstić information content (AvgIpc) is 2.53. The number of carbonyl (C=O) groups is 1. The van der Waals surface area contributed by atoms with Crippen molar-refractivity contribution >= 4 is 11.6 Å². The molecule has 0 saturated carbocycles. The van der Waals surface area contributed by atoms with Crippen molar-refractivity contribution in [3.05, 3.63) is 59.4 Å². The van der Waals surface area contributed by atoms with Crippen LogP contribution in [0.3, 0.4) is 0 Å². The van der Waals surface area contributed by atoms with E-state index in [1.54, 1.807) is 12.4 Å². The lowest BCUT2D eigenvalue weighted by molar-refractivity contribution is 0.0734. The first-order valence-electron chi connectivity index (χ1n) is 7.71.